The number of benzene rings is 1. The number of para-hydroxylation sites is 1. The summed E-state index contributed by atoms with van der Waals surface area (Å²) >= 11 is 0. The molecular weight excluding hydrogens is 316 g/mol. The number of anilines is 1. The van der Waals surface area contributed by atoms with E-state index in [-0.39, 0.29) is 18.3 Å². The summed E-state index contributed by atoms with van der Waals surface area (Å²) in [6.45, 7) is 5.47. The van der Waals surface area contributed by atoms with Gasteiger partial charge in [0.15, 0.2) is 5.82 Å². The first kappa shape index (κ1) is 19.1. The van der Waals surface area contributed by atoms with Gasteiger partial charge in [0.25, 0.3) is 0 Å². The Bertz CT molecular complexity index is 616. The lowest BCUT2D eigenvalue weighted by molar-refractivity contribution is -0.116. The van der Waals surface area contributed by atoms with E-state index in [1.165, 1.54) is 0 Å². The number of hydrogen-bond donors (Lipinski definition) is 2. The molecule has 1 aromatic heterocycles. The van der Waals surface area contributed by atoms with Crippen LogP contribution in [-0.2, 0) is 17.8 Å². The van der Waals surface area contributed by atoms with Crippen molar-refractivity contribution in [2.45, 2.75) is 39.7 Å². The van der Waals surface area contributed by atoms with Crippen LogP contribution in [0.4, 0.5) is 5.69 Å². The van der Waals surface area contributed by atoms with E-state index in [4.69, 9.17) is 4.52 Å². The van der Waals surface area contributed by atoms with E-state index < -0.39 is 0 Å². The van der Waals surface area contributed by atoms with Crippen molar-refractivity contribution in [3.05, 3.63) is 41.5 Å². The predicted molar refractivity (Wildman–Crippen MR) is 91.7 cm³/mol. The molecule has 0 saturated carbocycles. The first-order valence-corrected chi connectivity index (χ1v) is 7.56. The van der Waals surface area contributed by atoms with Gasteiger partial charge in [0.2, 0.25) is 11.8 Å². The van der Waals surface area contributed by atoms with Crippen LogP contribution in [0.5, 0.6) is 0 Å². The van der Waals surface area contributed by atoms with Crippen molar-refractivity contribution in [1.82, 2.24) is 15.5 Å². The molecule has 2 N–H and O–H groups in total. The number of carbonyl (C=O) groups is 1. The summed E-state index contributed by atoms with van der Waals surface area (Å²) < 4.78 is 5.03. The number of rotatable bonds is 8. The van der Waals surface area contributed by atoms with Crippen molar-refractivity contribution in [2.75, 3.05) is 11.9 Å². The van der Waals surface area contributed by atoms with Gasteiger partial charge in [-0.15, -0.1) is 12.4 Å². The molecule has 7 heteroatoms. The molecule has 0 atom stereocenters. The Hall–Kier alpha value is -1.92. The Kier molecular flexibility index (Phi) is 8.29. The standard InChI is InChI=1S/C16H22N4O2.ClH/c1-3-17-11-13-7-4-5-8-14(13)19-15(21)9-6-10-16-18-12(2)20-22-16;/h4-5,7-8,17H,3,6,9-11H2,1-2H3,(H,19,21);1H. The first-order valence-electron chi connectivity index (χ1n) is 7.56. The average Bonchev–Trinajstić information content (AvgIpc) is 2.92. The zero-order valence-electron chi connectivity index (χ0n) is 13.5. The molecule has 0 saturated heterocycles. The van der Waals surface area contributed by atoms with Crippen LogP contribution in [0, 0.1) is 6.92 Å². The monoisotopic (exact) mass is 338 g/mol. The third-order valence-corrected chi connectivity index (χ3v) is 3.22. The molecular formula is C16H23ClN4O2. The second-order valence-corrected chi connectivity index (χ2v) is 5.07. The molecule has 0 radical (unpaired) electrons. The lowest BCUT2D eigenvalue weighted by Gasteiger charge is -2.11. The highest BCUT2D eigenvalue weighted by molar-refractivity contribution is 5.91. The summed E-state index contributed by atoms with van der Waals surface area (Å²) in [5.74, 6) is 1.20. The summed E-state index contributed by atoms with van der Waals surface area (Å²) in [4.78, 5) is 16.2. The number of halogens is 1. The second-order valence-electron chi connectivity index (χ2n) is 5.07. The van der Waals surface area contributed by atoms with Crippen molar-refractivity contribution >= 4 is 24.0 Å². The van der Waals surface area contributed by atoms with Crippen LogP contribution in [0.2, 0.25) is 0 Å². The van der Waals surface area contributed by atoms with E-state index in [9.17, 15) is 4.79 Å². The Morgan fingerprint density at radius 2 is 2.09 bits per heavy atom. The summed E-state index contributed by atoms with van der Waals surface area (Å²) in [5, 5.41) is 9.96. The van der Waals surface area contributed by atoms with Gasteiger partial charge in [-0.2, -0.15) is 4.98 Å². The highest BCUT2D eigenvalue weighted by Gasteiger charge is 2.08. The minimum absolute atomic E-state index is 0. The van der Waals surface area contributed by atoms with Gasteiger partial charge in [0, 0.05) is 25.1 Å². The molecule has 1 aromatic carbocycles. The fraction of sp³-hybridized carbons (Fsp3) is 0.438. The quantitative estimate of drug-likeness (QED) is 0.773. The molecule has 0 unspecified atom stereocenters. The van der Waals surface area contributed by atoms with Gasteiger partial charge in [-0.25, -0.2) is 0 Å². The number of aromatic nitrogens is 2. The SMILES string of the molecule is CCNCc1ccccc1NC(=O)CCCc1nc(C)no1.Cl. The number of aryl methyl sites for hydroxylation is 2. The molecule has 0 spiro atoms. The van der Waals surface area contributed by atoms with Crippen molar-refractivity contribution in [2.24, 2.45) is 0 Å². The molecule has 0 bridgehead atoms. The maximum absolute atomic E-state index is 12.0. The van der Waals surface area contributed by atoms with Gasteiger partial charge in [-0.3, -0.25) is 4.79 Å². The fourth-order valence-corrected chi connectivity index (χ4v) is 2.11. The zero-order chi connectivity index (χ0) is 15.8. The van der Waals surface area contributed by atoms with Crippen LogP contribution in [-0.4, -0.2) is 22.6 Å². The van der Waals surface area contributed by atoms with Crippen LogP contribution in [0.25, 0.3) is 0 Å². The van der Waals surface area contributed by atoms with E-state index >= 15 is 0 Å². The van der Waals surface area contributed by atoms with Crippen LogP contribution in [0.3, 0.4) is 0 Å². The Morgan fingerprint density at radius 1 is 1.30 bits per heavy atom. The number of amides is 1. The van der Waals surface area contributed by atoms with Gasteiger partial charge in [-0.1, -0.05) is 30.3 Å². The molecule has 0 fully saturated rings. The van der Waals surface area contributed by atoms with Crippen LogP contribution in [0.1, 0.15) is 37.0 Å². The molecule has 1 amide bonds. The van der Waals surface area contributed by atoms with E-state index in [1.807, 2.05) is 24.3 Å². The zero-order valence-corrected chi connectivity index (χ0v) is 14.3. The molecule has 2 aromatic rings. The van der Waals surface area contributed by atoms with Crippen molar-refractivity contribution in [3.8, 4) is 0 Å². The summed E-state index contributed by atoms with van der Waals surface area (Å²) in [6.07, 6.45) is 1.73. The second kappa shape index (κ2) is 9.97. The van der Waals surface area contributed by atoms with E-state index in [0.29, 0.717) is 31.0 Å². The van der Waals surface area contributed by atoms with E-state index in [2.05, 4.69) is 27.7 Å². The normalized spacial score (nSPS) is 10.2. The molecule has 6 nitrogen and oxygen atoms in total. The lowest BCUT2D eigenvalue weighted by Crippen LogP contribution is -2.17. The van der Waals surface area contributed by atoms with Crippen molar-refractivity contribution in [3.63, 3.8) is 0 Å². The Morgan fingerprint density at radius 3 is 2.78 bits per heavy atom. The molecule has 23 heavy (non-hydrogen) atoms. The molecule has 1 heterocycles. The smallest absolute Gasteiger partial charge is 0.226 e. The summed E-state index contributed by atoms with van der Waals surface area (Å²) in [5.41, 5.74) is 1.95. The van der Waals surface area contributed by atoms with Gasteiger partial charge in [0.05, 0.1) is 0 Å². The number of carbonyl (C=O) groups excluding carboxylic acids is 1. The predicted octanol–water partition coefficient (Wildman–Crippen LogP) is 2.87. The van der Waals surface area contributed by atoms with Crippen LogP contribution >= 0.6 is 12.4 Å². The number of hydrogen-bond acceptors (Lipinski definition) is 5. The highest BCUT2D eigenvalue weighted by atomic mass is 35.5. The largest absolute Gasteiger partial charge is 0.339 e. The minimum atomic E-state index is 0. The maximum atomic E-state index is 12.0. The summed E-state index contributed by atoms with van der Waals surface area (Å²) in [7, 11) is 0. The fourth-order valence-electron chi connectivity index (χ4n) is 2.11. The molecule has 0 aliphatic carbocycles. The van der Waals surface area contributed by atoms with Gasteiger partial charge < -0.3 is 15.2 Å². The van der Waals surface area contributed by atoms with Crippen molar-refractivity contribution in [1.29, 1.82) is 0 Å². The Balaban J connectivity index is 0.00000264. The van der Waals surface area contributed by atoms with Gasteiger partial charge in [0.1, 0.15) is 0 Å². The third-order valence-electron chi connectivity index (χ3n) is 3.22. The van der Waals surface area contributed by atoms with Crippen LogP contribution in [0.15, 0.2) is 28.8 Å². The topological polar surface area (TPSA) is 80.0 Å². The van der Waals surface area contributed by atoms with Crippen LogP contribution < -0.4 is 10.6 Å². The highest BCUT2D eigenvalue weighted by Crippen LogP contribution is 2.15. The lowest BCUT2D eigenvalue weighted by atomic mass is 10.1. The van der Waals surface area contributed by atoms with Crippen molar-refractivity contribution < 1.29 is 9.32 Å². The van der Waals surface area contributed by atoms with E-state index in [1.54, 1.807) is 6.92 Å². The van der Waals surface area contributed by atoms with Gasteiger partial charge >= 0.3 is 0 Å². The summed E-state index contributed by atoms with van der Waals surface area (Å²) in [6, 6.07) is 7.83. The molecule has 0 aliphatic heterocycles. The molecule has 2 rings (SSSR count). The van der Waals surface area contributed by atoms with Gasteiger partial charge in [-0.05, 0) is 31.5 Å². The maximum Gasteiger partial charge on any atom is 0.226 e. The number of nitrogens with one attached hydrogen (secondary N) is 2. The Labute approximate surface area is 142 Å². The third kappa shape index (κ3) is 6.38. The molecule has 0 aliphatic rings. The van der Waals surface area contributed by atoms with E-state index in [0.717, 1.165) is 24.3 Å². The first-order chi connectivity index (χ1) is 10.7. The molecule has 126 valence electrons. The average molecular weight is 339 g/mol. The minimum Gasteiger partial charge on any atom is -0.339 e. The number of nitrogens with zero attached hydrogens (tertiary/aromatic N) is 2.